The van der Waals surface area contributed by atoms with Crippen LogP contribution in [0.5, 0.6) is 0 Å². The molecule has 1 rings (SSSR count). The van der Waals surface area contributed by atoms with E-state index in [2.05, 4.69) is 0 Å². The molecule has 0 bridgehead atoms. The molecule has 14 heteroatoms. The van der Waals surface area contributed by atoms with Gasteiger partial charge in [-0.3, -0.25) is 28.8 Å². The van der Waals surface area contributed by atoms with Crippen LogP contribution in [0.1, 0.15) is 100 Å². The molecule has 46 heavy (non-hydrogen) atoms. The van der Waals surface area contributed by atoms with Gasteiger partial charge in [-0.2, -0.15) is 0 Å². The highest BCUT2D eigenvalue weighted by Crippen LogP contribution is 2.35. The fourth-order valence-corrected chi connectivity index (χ4v) is 4.45. The molecule has 0 radical (unpaired) electrons. The second kappa shape index (κ2) is 21.6. The van der Waals surface area contributed by atoms with Crippen LogP contribution in [0.25, 0.3) is 0 Å². The van der Waals surface area contributed by atoms with E-state index in [1.165, 1.54) is 6.92 Å². The first-order valence-corrected chi connectivity index (χ1v) is 16.2. The van der Waals surface area contributed by atoms with Crippen LogP contribution in [0, 0.1) is 5.92 Å². The smallest absolute Gasteiger partial charge is 0.306 e. The molecular weight excluding hydrogens is 608 g/mol. The van der Waals surface area contributed by atoms with Crippen LogP contribution in [0.15, 0.2) is 0 Å². The van der Waals surface area contributed by atoms with Crippen molar-refractivity contribution in [2.75, 3.05) is 19.8 Å². The Labute approximate surface area is 271 Å². The van der Waals surface area contributed by atoms with Gasteiger partial charge in [0.1, 0.15) is 43.9 Å². The van der Waals surface area contributed by atoms with Gasteiger partial charge in [-0.05, 0) is 13.8 Å². The normalized spacial score (nSPS) is 21.7. The van der Waals surface area contributed by atoms with Crippen molar-refractivity contribution in [3.8, 4) is 0 Å². The van der Waals surface area contributed by atoms with E-state index in [4.69, 9.17) is 37.9 Å². The van der Waals surface area contributed by atoms with Crippen LogP contribution in [0.3, 0.4) is 0 Å². The Morgan fingerprint density at radius 2 is 1.15 bits per heavy atom. The maximum Gasteiger partial charge on any atom is 0.306 e. The quantitative estimate of drug-likeness (QED) is 0.0938. The van der Waals surface area contributed by atoms with Gasteiger partial charge in [0.15, 0.2) is 12.4 Å². The van der Waals surface area contributed by atoms with E-state index in [9.17, 15) is 28.8 Å². The number of ether oxygens (including phenoxy) is 8. The fraction of sp³-hybridized carbons (Fsp3) is 0.812. The standard InChI is InChI=1S/C32H52O14/c1-9-21(33)15-22-19(7)42-24(17-40-27(35)11-3)31(22)46-32(25(44-30(38)14-6)18-41-28(36)12-4)45-23(16-39-26(34)10-2)20(8)43-29(37)13-5/h19-20,22-25,31-32H,9-18H2,1-8H3/t19-,20-,22+,23?,24?,25-,31?,32?/m0/s1. The predicted octanol–water partition coefficient (Wildman–Crippen LogP) is 3.38. The summed E-state index contributed by atoms with van der Waals surface area (Å²) in [5, 5.41) is 0. The zero-order valence-electron chi connectivity index (χ0n) is 28.4. The first-order chi connectivity index (χ1) is 21.8. The van der Waals surface area contributed by atoms with E-state index in [0.29, 0.717) is 0 Å². The summed E-state index contributed by atoms with van der Waals surface area (Å²) in [5.41, 5.74) is 0. The molecule has 0 N–H and O–H groups in total. The molecule has 0 aromatic rings. The lowest BCUT2D eigenvalue weighted by Crippen LogP contribution is -2.49. The molecule has 0 aliphatic carbocycles. The van der Waals surface area contributed by atoms with Gasteiger partial charge < -0.3 is 37.9 Å². The Bertz CT molecular complexity index is 997. The Hall–Kier alpha value is -3.10. The second-order valence-corrected chi connectivity index (χ2v) is 10.8. The van der Waals surface area contributed by atoms with Crippen LogP contribution in [0.4, 0.5) is 0 Å². The van der Waals surface area contributed by atoms with Gasteiger partial charge in [0.2, 0.25) is 0 Å². The molecular formula is C32H52O14. The third kappa shape index (κ3) is 14.1. The SMILES string of the molecule is CCC(=O)C[C@H]1C(OC(OC(COC(=O)CC)[C@H](C)OC(=O)CC)[C@H](COC(=O)CC)OC(=O)CC)C(COC(=O)CC)O[C@H]1C. The molecule has 0 aromatic carbocycles. The summed E-state index contributed by atoms with van der Waals surface area (Å²) in [7, 11) is 0. The van der Waals surface area contributed by atoms with E-state index < -0.39 is 85.3 Å². The Balaban J connectivity index is 3.65. The lowest BCUT2D eigenvalue weighted by molar-refractivity contribution is -0.272. The van der Waals surface area contributed by atoms with Gasteiger partial charge in [-0.15, -0.1) is 0 Å². The second-order valence-electron chi connectivity index (χ2n) is 10.8. The maximum atomic E-state index is 12.6. The third-order valence-corrected chi connectivity index (χ3v) is 7.34. The lowest BCUT2D eigenvalue weighted by atomic mass is 9.90. The topological polar surface area (TPSA) is 176 Å². The zero-order valence-corrected chi connectivity index (χ0v) is 28.4. The van der Waals surface area contributed by atoms with Crippen LogP contribution < -0.4 is 0 Å². The van der Waals surface area contributed by atoms with Crippen molar-refractivity contribution in [3.63, 3.8) is 0 Å². The van der Waals surface area contributed by atoms with Crippen LogP contribution in [0.2, 0.25) is 0 Å². The van der Waals surface area contributed by atoms with Crippen LogP contribution in [-0.4, -0.2) is 98.4 Å². The first kappa shape index (κ1) is 40.9. The minimum absolute atomic E-state index is 0.0280. The van der Waals surface area contributed by atoms with Gasteiger partial charge in [0.05, 0.1) is 12.2 Å². The van der Waals surface area contributed by atoms with E-state index in [-0.39, 0.29) is 63.9 Å². The largest absolute Gasteiger partial charge is 0.463 e. The Morgan fingerprint density at radius 1 is 0.652 bits per heavy atom. The number of hydrogen-bond donors (Lipinski definition) is 0. The minimum Gasteiger partial charge on any atom is -0.463 e. The average Bonchev–Trinajstić information content (AvgIpc) is 3.34. The summed E-state index contributed by atoms with van der Waals surface area (Å²) in [6.45, 7) is 12.0. The van der Waals surface area contributed by atoms with E-state index >= 15 is 0 Å². The molecule has 0 saturated carbocycles. The van der Waals surface area contributed by atoms with Gasteiger partial charge in [-0.1, -0.05) is 41.5 Å². The number of esters is 5. The molecule has 1 heterocycles. The zero-order chi connectivity index (χ0) is 34.8. The first-order valence-electron chi connectivity index (χ1n) is 16.2. The molecule has 1 aliphatic rings. The summed E-state index contributed by atoms with van der Waals surface area (Å²) in [4.78, 5) is 73.6. The molecule has 14 nitrogen and oxygen atoms in total. The van der Waals surface area contributed by atoms with Crippen molar-refractivity contribution in [2.45, 2.75) is 143 Å². The average molecular weight is 661 g/mol. The molecule has 1 saturated heterocycles. The Morgan fingerprint density at radius 3 is 1.67 bits per heavy atom. The highest BCUT2D eigenvalue weighted by atomic mass is 16.7. The highest BCUT2D eigenvalue weighted by molar-refractivity contribution is 5.78. The van der Waals surface area contributed by atoms with Crippen molar-refractivity contribution in [1.82, 2.24) is 0 Å². The van der Waals surface area contributed by atoms with Gasteiger partial charge in [0.25, 0.3) is 0 Å². The summed E-state index contributed by atoms with van der Waals surface area (Å²) < 4.78 is 46.0. The highest BCUT2D eigenvalue weighted by Gasteiger charge is 2.47. The molecule has 0 amide bonds. The van der Waals surface area contributed by atoms with Gasteiger partial charge in [-0.25, -0.2) is 0 Å². The molecule has 1 fully saturated rings. The van der Waals surface area contributed by atoms with Crippen LogP contribution in [-0.2, 0) is 66.7 Å². The number of ketones is 1. The van der Waals surface area contributed by atoms with Crippen molar-refractivity contribution in [2.24, 2.45) is 5.92 Å². The molecule has 0 aromatic heterocycles. The summed E-state index contributed by atoms with van der Waals surface area (Å²) >= 11 is 0. The minimum atomic E-state index is -1.52. The molecule has 1 aliphatic heterocycles. The predicted molar refractivity (Wildman–Crippen MR) is 161 cm³/mol. The third-order valence-electron chi connectivity index (χ3n) is 7.34. The lowest BCUT2D eigenvalue weighted by Gasteiger charge is -2.35. The van der Waals surface area contributed by atoms with Crippen LogP contribution >= 0.6 is 0 Å². The number of carbonyl (C=O) groups is 6. The summed E-state index contributed by atoms with van der Waals surface area (Å²) in [5.74, 6) is -3.38. The monoisotopic (exact) mass is 660 g/mol. The van der Waals surface area contributed by atoms with E-state index in [1.54, 1.807) is 48.5 Å². The van der Waals surface area contributed by atoms with Crippen molar-refractivity contribution >= 4 is 35.6 Å². The van der Waals surface area contributed by atoms with E-state index in [0.717, 1.165) is 0 Å². The number of Topliss-reactive ketones (excluding diaryl/α,β-unsaturated/α-hetero) is 1. The molecule has 8 atom stereocenters. The number of hydrogen-bond acceptors (Lipinski definition) is 14. The fourth-order valence-electron chi connectivity index (χ4n) is 4.45. The summed E-state index contributed by atoms with van der Waals surface area (Å²) in [6.07, 6.45) is -6.65. The number of carbonyl (C=O) groups excluding carboxylic acids is 6. The van der Waals surface area contributed by atoms with Crippen molar-refractivity contribution in [3.05, 3.63) is 0 Å². The Kier molecular flexibility index (Phi) is 19.3. The van der Waals surface area contributed by atoms with Crippen molar-refractivity contribution < 1.29 is 66.7 Å². The molecule has 0 spiro atoms. The van der Waals surface area contributed by atoms with Gasteiger partial charge in [0, 0.05) is 50.9 Å². The van der Waals surface area contributed by atoms with Gasteiger partial charge >= 0.3 is 29.8 Å². The molecule has 264 valence electrons. The molecule has 4 unspecified atom stereocenters. The summed E-state index contributed by atoms with van der Waals surface area (Å²) in [6, 6.07) is 0. The number of rotatable bonds is 22. The van der Waals surface area contributed by atoms with E-state index in [1.807, 2.05) is 0 Å². The van der Waals surface area contributed by atoms with Crippen molar-refractivity contribution in [1.29, 1.82) is 0 Å². The maximum absolute atomic E-state index is 12.6.